The van der Waals surface area contributed by atoms with Crippen LogP contribution in [0.25, 0.3) is 0 Å². The largest absolute Gasteiger partial charge is 0.416 e. The quantitative estimate of drug-likeness (QED) is 0.672. The van der Waals surface area contributed by atoms with Crippen LogP contribution in [0.15, 0.2) is 53.4 Å². The van der Waals surface area contributed by atoms with E-state index in [4.69, 9.17) is 0 Å². The monoisotopic (exact) mass is 437 g/mol. The summed E-state index contributed by atoms with van der Waals surface area (Å²) in [6, 6.07) is 13.1. The van der Waals surface area contributed by atoms with Crippen molar-refractivity contribution in [3.05, 3.63) is 59.7 Å². The fraction of sp³-hybridized carbons (Fsp3) is 0.409. The molecule has 1 saturated heterocycles. The van der Waals surface area contributed by atoms with Gasteiger partial charge in [-0.1, -0.05) is 12.1 Å². The van der Waals surface area contributed by atoms with Crippen molar-refractivity contribution in [2.75, 3.05) is 44.3 Å². The van der Waals surface area contributed by atoms with Crippen molar-refractivity contribution in [1.29, 1.82) is 0 Å². The summed E-state index contributed by atoms with van der Waals surface area (Å²) in [6.07, 6.45) is -1.39. The molecule has 1 N–H and O–H groups in total. The van der Waals surface area contributed by atoms with Gasteiger partial charge in [0.15, 0.2) is 0 Å². The molecule has 30 heavy (non-hydrogen) atoms. The molecule has 0 radical (unpaired) electrons. The minimum Gasteiger partial charge on any atom is -0.325 e. The molecular weight excluding hydrogens is 411 g/mol. The molecule has 1 aliphatic rings. The Balaban J connectivity index is 1.46. The SMILES string of the molecule is CSc1ccc(NC(=O)CN2CCCN(Cc3ccc(C(F)(F)F)cc3)CC2)cc1. The lowest BCUT2D eigenvalue weighted by Crippen LogP contribution is -2.36. The van der Waals surface area contributed by atoms with Gasteiger partial charge in [0.05, 0.1) is 12.1 Å². The number of rotatable bonds is 6. The first-order valence-corrected chi connectivity index (χ1v) is 11.1. The van der Waals surface area contributed by atoms with E-state index in [1.807, 2.05) is 30.5 Å². The van der Waals surface area contributed by atoms with Crippen molar-refractivity contribution >= 4 is 23.4 Å². The van der Waals surface area contributed by atoms with Crippen LogP contribution in [0.4, 0.5) is 18.9 Å². The zero-order chi connectivity index (χ0) is 21.6. The molecule has 162 valence electrons. The number of thioether (sulfide) groups is 1. The number of benzene rings is 2. The minimum absolute atomic E-state index is 0.0388. The highest BCUT2D eigenvalue weighted by Crippen LogP contribution is 2.29. The molecule has 3 rings (SSSR count). The molecule has 0 bridgehead atoms. The van der Waals surface area contributed by atoms with Crippen LogP contribution in [0.2, 0.25) is 0 Å². The smallest absolute Gasteiger partial charge is 0.325 e. The number of alkyl halides is 3. The van der Waals surface area contributed by atoms with Gasteiger partial charge in [0, 0.05) is 30.2 Å². The Hall–Kier alpha value is -2.03. The summed E-state index contributed by atoms with van der Waals surface area (Å²) in [6.45, 7) is 4.15. The van der Waals surface area contributed by atoms with Crippen molar-refractivity contribution in [3.8, 4) is 0 Å². The van der Waals surface area contributed by atoms with Crippen LogP contribution in [-0.4, -0.2) is 54.7 Å². The van der Waals surface area contributed by atoms with Crippen molar-refractivity contribution in [2.45, 2.75) is 24.0 Å². The summed E-state index contributed by atoms with van der Waals surface area (Å²) >= 11 is 1.65. The van der Waals surface area contributed by atoms with Crippen LogP contribution in [-0.2, 0) is 17.5 Å². The van der Waals surface area contributed by atoms with E-state index >= 15 is 0 Å². The molecule has 1 heterocycles. The van der Waals surface area contributed by atoms with Crippen molar-refractivity contribution in [1.82, 2.24) is 9.80 Å². The van der Waals surface area contributed by atoms with E-state index in [9.17, 15) is 18.0 Å². The topological polar surface area (TPSA) is 35.6 Å². The second-order valence-corrected chi connectivity index (χ2v) is 8.26. The normalized spacial score (nSPS) is 16.3. The number of halogens is 3. The lowest BCUT2D eigenvalue weighted by Gasteiger charge is -2.21. The highest BCUT2D eigenvalue weighted by Gasteiger charge is 2.30. The fourth-order valence-electron chi connectivity index (χ4n) is 3.48. The van der Waals surface area contributed by atoms with E-state index < -0.39 is 11.7 Å². The van der Waals surface area contributed by atoms with E-state index in [0.29, 0.717) is 13.1 Å². The number of nitrogens with one attached hydrogen (secondary N) is 1. The third-order valence-electron chi connectivity index (χ3n) is 5.11. The van der Waals surface area contributed by atoms with Gasteiger partial charge in [-0.25, -0.2) is 0 Å². The Bertz CT molecular complexity index is 825. The first-order chi connectivity index (χ1) is 14.3. The van der Waals surface area contributed by atoms with Gasteiger partial charge in [0.25, 0.3) is 0 Å². The lowest BCUT2D eigenvalue weighted by molar-refractivity contribution is -0.137. The van der Waals surface area contributed by atoms with E-state index in [-0.39, 0.29) is 5.91 Å². The molecule has 0 aromatic heterocycles. The van der Waals surface area contributed by atoms with Crippen molar-refractivity contribution in [2.24, 2.45) is 0 Å². The van der Waals surface area contributed by atoms with Gasteiger partial charge in [-0.05, 0) is 67.7 Å². The Morgan fingerprint density at radius 3 is 2.23 bits per heavy atom. The lowest BCUT2D eigenvalue weighted by atomic mass is 10.1. The first-order valence-electron chi connectivity index (χ1n) is 9.88. The van der Waals surface area contributed by atoms with Crippen LogP contribution in [0.5, 0.6) is 0 Å². The number of hydrogen-bond acceptors (Lipinski definition) is 4. The van der Waals surface area contributed by atoms with Crippen LogP contribution in [0.1, 0.15) is 17.5 Å². The molecule has 0 aliphatic carbocycles. The van der Waals surface area contributed by atoms with E-state index in [0.717, 1.165) is 60.9 Å². The van der Waals surface area contributed by atoms with E-state index in [1.165, 1.54) is 0 Å². The molecular formula is C22H26F3N3OS. The first kappa shape index (κ1) is 22.7. The summed E-state index contributed by atoms with van der Waals surface area (Å²) in [5, 5.41) is 2.93. The summed E-state index contributed by atoms with van der Waals surface area (Å²) < 4.78 is 38.1. The van der Waals surface area contributed by atoms with Crippen LogP contribution >= 0.6 is 11.8 Å². The number of hydrogen-bond donors (Lipinski definition) is 1. The predicted octanol–water partition coefficient (Wildman–Crippen LogP) is 4.57. The second kappa shape index (κ2) is 10.3. The maximum Gasteiger partial charge on any atom is 0.416 e. The minimum atomic E-state index is -4.31. The Morgan fingerprint density at radius 1 is 0.967 bits per heavy atom. The maximum atomic E-state index is 12.7. The average molecular weight is 438 g/mol. The molecule has 8 heteroatoms. The molecule has 1 fully saturated rings. The van der Waals surface area contributed by atoms with Gasteiger partial charge < -0.3 is 5.32 Å². The van der Waals surface area contributed by atoms with Gasteiger partial charge in [-0.2, -0.15) is 13.2 Å². The maximum absolute atomic E-state index is 12.7. The summed E-state index contributed by atoms with van der Waals surface area (Å²) in [5.41, 5.74) is 1.03. The Labute approximate surface area is 179 Å². The molecule has 0 spiro atoms. The number of amides is 1. The van der Waals surface area contributed by atoms with Crippen molar-refractivity contribution in [3.63, 3.8) is 0 Å². The number of carbonyl (C=O) groups excluding carboxylic acids is 1. The standard InChI is InChI=1S/C22H26F3N3OS/c1-30-20-9-7-19(8-10-20)26-21(29)16-28-12-2-11-27(13-14-28)15-17-3-5-18(6-4-17)22(23,24)25/h3-10H,2,11-16H2,1H3,(H,26,29). The second-order valence-electron chi connectivity index (χ2n) is 7.38. The number of nitrogens with zero attached hydrogens (tertiary/aromatic N) is 2. The predicted molar refractivity (Wildman–Crippen MR) is 115 cm³/mol. The molecule has 0 saturated carbocycles. The van der Waals surface area contributed by atoms with Crippen molar-refractivity contribution < 1.29 is 18.0 Å². The molecule has 4 nitrogen and oxygen atoms in total. The van der Waals surface area contributed by atoms with E-state index in [1.54, 1.807) is 23.9 Å². The number of carbonyl (C=O) groups is 1. The molecule has 0 unspecified atom stereocenters. The fourth-order valence-corrected chi connectivity index (χ4v) is 3.88. The van der Waals surface area contributed by atoms with Gasteiger partial charge >= 0.3 is 6.18 Å². The Kier molecular flexibility index (Phi) is 7.80. The van der Waals surface area contributed by atoms with Crippen LogP contribution in [0, 0.1) is 0 Å². The van der Waals surface area contributed by atoms with Gasteiger partial charge in [0.2, 0.25) is 5.91 Å². The third-order valence-corrected chi connectivity index (χ3v) is 5.85. The van der Waals surface area contributed by atoms with Crippen LogP contribution in [0.3, 0.4) is 0 Å². The summed E-state index contributed by atoms with van der Waals surface area (Å²) in [4.78, 5) is 17.9. The highest BCUT2D eigenvalue weighted by molar-refractivity contribution is 7.98. The average Bonchev–Trinajstić information content (AvgIpc) is 2.93. The molecule has 2 aromatic rings. The zero-order valence-corrected chi connectivity index (χ0v) is 17.7. The Morgan fingerprint density at radius 2 is 1.60 bits per heavy atom. The molecule has 0 atom stereocenters. The van der Waals surface area contributed by atoms with E-state index in [2.05, 4.69) is 15.1 Å². The summed E-state index contributed by atoms with van der Waals surface area (Å²) in [7, 11) is 0. The van der Waals surface area contributed by atoms with Gasteiger partial charge in [0.1, 0.15) is 0 Å². The third kappa shape index (κ3) is 6.75. The molecule has 1 aliphatic heterocycles. The highest BCUT2D eigenvalue weighted by atomic mass is 32.2. The molecule has 1 amide bonds. The zero-order valence-electron chi connectivity index (χ0n) is 16.9. The number of anilines is 1. The van der Waals surface area contributed by atoms with Gasteiger partial charge in [-0.15, -0.1) is 11.8 Å². The van der Waals surface area contributed by atoms with Gasteiger partial charge in [-0.3, -0.25) is 14.6 Å². The van der Waals surface area contributed by atoms with Crippen LogP contribution < -0.4 is 5.32 Å². The summed E-state index contributed by atoms with van der Waals surface area (Å²) in [5.74, 6) is -0.0388. The molecule has 2 aromatic carbocycles.